The summed E-state index contributed by atoms with van der Waals surface area (Å²) in [7, 11) is 0. The van der Waals surface area contributed by atoms with Gasteiger partial charge in [0.2, 0.25) is 0 Å². The Balaban J connectivity index is 1.62. The van der Waals surface area contributed by atoms with E-state index in [1.54, 1.807) is 0 Å². The Labute approximate surface area is 114 Å². The van der Waals surface area contributed by atoms with Gasteiger partial charge in [-0.05, 0) is 44.2 Å². The zero-order valence-electron chi connectivity index (χ0n) is 12.6. The third-order valence-electron chi connectivity index (χ3n) is 4.74. The van der Waals surface area contributed by atoms with Gasteiger partial charge in [-0.2, -0.15) is 0 Å². The van der Waals surface area contributed by atoms with Crippen LogP contribution in [0.2, 0.25) is 0 Å². The molecule has 18 heavy (non-hydrogen) atoms. The van der Waals surface area contributed by atoms with Gasteiger partial charge in [0.1, 0.15) is 0 Å². The van der Waals surface area contributed by atoms with E-state index in [9.17, 15) is 0 Å². The highest BCUT2D eigenvalue weighted by molar-refractivity contribution is 4.82. The molecule has 0 aromatic rings. The van der Waals surface area contributed by atoms with E-state index in [4.69, 9.17) is 0 Å². The van der Waals surface area contributed by atoms with E-state index in [1.807, 2.05) is 0 Å². The molecule has 3 atom stereocenters. The maximum atomic E-state index is 3.68. The van der Waals surface area contributed by atoms with Gasteiger partial charge in [0, 0.05) is 18.6 Å². The van der Waals surface area contributed by atoms with Crippen molar-refractivity contribution < 1.29 is 0 Å². The van der Waals surface area contributed by atoms with Crippen LogP contribution in [0.1, 0.15) is 59.3 Å². The van der Waals surface area contributed by atoms with Gasteiger partial charge in [0.25, 0.3) is 0 Å². The molecule has 2 nitrogen and oxygen atoms in total. The van der Waals surface area contributed by atoms with E-state index < -0.39 is 0 Å². The summed E-state index contributed by atoms with van der Waals surface area (Å²) in [6.07, 6.45) is 8.72. The van der Waals surface area contributed by atoms with Gasteiger partial charge in [-0.25, -0.2) is 0 Å². The summed E-state index contributed by atoms with van der Waals surface area (Å²) in [5, 5.41) is 3.68. The Hall–Kier alpha value is -0.0800. The molecule has 106 valence electrons. The largest absolute Gasteiger partial charge is 0.310 e. The van der Waals surface area contributed by atoms with E-state index in [-0.39, 0.29) is 0 Å². The summed E-state index contributed by atoms with van der Waals surface area (Å²) >= 11 is 0. The minimum atomic E-state index is 0.633. The fourth-order valence-electron chi connectivity index (χ4n) is 3.83. The quantitative estimate of drug-likeness (QED) is 0.808. The van der Waals surface area contributed by atoms with E-state index in [0.29, 0.717) is 6.04 Å². The van der Waals surface area contributed by atoms with Gasteiger partial charge >= 0.3 is 0 Å². The number of hydrogen-bond donors (Lipinski definition) is 1. The molecule has 0 amide bonds. The molecule has 2 fully saturated rings. The zero-order chi connectivity index (χ0) is 13.0. The summed E-state index contributed by atoms with van der Waals surface area (Å²) in [5.41, 5.74) is 0. The maximum absolute atomic E-state index is 3.68. The highest BCUT2D eigenvalue weighted by Gasteiger charge is 2.24. The van der Waals surface area contributed by atoms with Crippen molar-refractivity contribution in [2.24, 2.45) is 11.8 Å². The molecule has 1 saturated heterocycles. The fraction of sp³-hybridized carbons (Fsp3) is 1.00. The normalized spacial score (nSPS) is 34.3. The van der Waals surface area contributed by atoms with Crippen LogP contribution in [0, 0.1) is 11.8 Å². The van der Waals surface area contributed by atoms with Gasteiger partial charge in [0.15, 0.2) is 0 Å². The summed E-state index contributed by atoms with van der Waals surface area (Å²) < 4.78 is 0. The first-order chi connectivity index (χ1) is 8.63. The van der Waals surface area contributed by atoms with E-state index in [2.05, 4.69) is 31.0 Å². The number of nitrogens with one attached hydrogen (secondary N) is 1. The molecule has 2 rings (SSSR count). The Morgan fingerprint density at radius 3 is 2.78 bits per heavy atom. The number of rotatable bonds is 5. The third kappa shape index (κ3) is 4.55. The summed E-state index contributed by atoms with van der Waals surface area (Å²) in [5.74, 6) is 2.00. The van der Waals surface area contributed by atoms with Crippen molar-refractivity contribution in [3.63, 3.8) is 0 Å². The van der Waals surface area contributed by atoms with Crippen LogP contribution in [-0.4, -0.2) is 36.6 Å². The first-order valence-electron chi connectivity index (χ1n) is 8.12. The fourth-order valence-corrected chi connectivity index (χ4v) is 3.83. The second-order valence-electron chi connectivity index (χ2n) is 7.03. The van der Waals surface area contributed by atoms with Crippen LogP contribution in [0.4, 0.5) is 0 Å². The van der Waals surface area contributed by atoms with Gasteiger partial charge in [0.05, 0.1) is 0 Å². The van der Waals surface area contributed by atoms with Crippen molar-refractivity contribution in [1.82, 2.24) is 10.2 Å². The average Bonchev–Trinajstić information content (AvgIpc) is 2.73. The van der Waals surface area contributed by atoms with Gasteiger partial charge in [-0.15, -0.1) is 0 Å². The Kier molecular flexibility index (Phi) is 5.50. The van der Waals surface area contributed by atoms with Crippen LogP contribution < -0.4 is 5.32 Å². The van der Waals surface area contributed by atoms with Crippen molar-refractivity contribution in [2.45, 2.75) is 71.4 Å². The molecule has 1 aliphatic carbocycles. The lowest BCUT2D eigenvalue weighted by Crippen LogP contribution is -2.37. The molecule has 0 radical (unpaired) electrons. The molecule has 1 saturated carbocycles. The van der Waals surface area contributed by atoms with Crippen LogP contribution in [0.3, 0.4) is 0 Å². The topological polar surface area (TPSA) is 15.3 Å². The van der Waals surface area contributed by atoms with Crippen LogP contribution in [0.15, 0.2) is 0 Å². The summed E-state index contributed by atoms with van der Waals surface area (Å²) in [4.78, 5) is 2.68. The van der Waals surface area contributed by atoms with Gasteiger partial charge in [-0.1, -0.05) is 40.0 Å². The number of hydrogen-bond acceptors (Lipinski definition) is 2. The molecular weight excluding hydrogens is 220 g/mol. The van der Waals surface area contributed by atoms with Crippen molar-refractivity contribution >= 4 is 0 Å². The second-order valence-corrected chi connectivity index (χ2v) is 7.03. The van der Waals surface area contributed by atoms with E-state index >= 15 is 0 Å². The van der Waals surface area contributed by atoms with Crippen molar-refractivity contribution in [3.05, 3.63) is 0 Å². The van der Waals surface area contributed by atoms with Crippen molar-refractivity contribution in [2.75, 3.05) is 19.6 Å². The number of nitrogens with zero attached hydrogens (tertiary/aromatic N) is 1. The smallest absolute Gasteiger partial charge is 0.0209 e. The first-order valence-corrected chi connectivity index (χ1v) is 8.12. The third-order valence-corrected chi connectivity index (χ3v) is 4.74. The SMILES string of the molecule is CC1CCCC(CCN2CCC(NC(C)C)C2)C1. The lowest BCUT2D eigenvalue weighted by Gasteiger charge is -2.28. The van der Waals surface area contributed by atoms with Crippen LogP contribution in [-0.2, 0) is 0 Å². The molecule has 2 aliphatic rings. The molecule has 0 aromatic heterocycles. The first kappa shape index (κ1) is 14.3. The molecule has 1 heterocycles. The zero-order valence-corrected chi connectivity index (χ0v) is 12.6. The highest BCUT2D eigenvalue weighted by atomic mass is 15.2. The Bertz CT molecular complexity index is 239. The van der Waals surface area contributed by atoms with Crippen LogP contribution >= 0.6 is 0 Å². The summed E-state index contributed by atoms with van der Waals surface area (Å²) in [6, 6.07) is 1.38. The molecule has 2 heteroatoms. The molecular formula is C16H32N2. The second kappa shape index (κ2) is 6.91. The molecule has 0 spiro atoms. The summed E-state index contributed by atoms with van der Waals surface area (Å²) in [6.45, 7) is 10.9. The predicted molar refractivity (Wildman–Crippen MR) is 78.9 cm³/mol. The maximum Gasteiger partial charge on any atom is 0.0209 e. The molecule has 3 unspecified atom stereocenters. The van der Waals surface area contributed by atoms with Gasteiger partial charge < -0.3 is 10.2 Å². The van der Waals surface area contributed by atoms with Crippen molar-refractivity contribution in [1.29, 1.82) is 0 Å². The monoisotopic (exact) mass is 252 g/mol. The van der Waals surface area contributed by atoms with Gasteiger partial charge in [-0.3, -0.25) is 0 Å². The average molecular weight is 252 g/mol. The molecule has 0 aromatic carbocycles. The Morgan fingerprint density at radius 1 is 1.22 bits per heavy atom. The molecule has 1 aliphatic heterocycles. The Morgan fingerprint density at radius 2 is 2.06 bits per heavy atom. The lowest BCUT2D eigenvalue weighted by molar-refractivity contribution is 0.229. The number of likely N-dealkylation sites (tertiary alicyclic amines) is 1. The lowest BCUT2D eigenvalue weighted by atomic mass is 9.81. The minimum Gasteiger partial charge on any atom is -0.310 e. The van der Waals surface area contributed by atoms with Crippen molar-refractivity contribution in [3.8, 4) is 0 Å². The molecule has 1 N–H and O–H groups in total. The predicted octanol–water partition coefficient (Wildman–Crippen LogP) is 3.28. The van der Waals surface area contributed by atoms with Crippen LogP contribution in [0.25, 0.3) is 0 Å². The van der Waals surface area contributed by atoms with E-state index in [1.165, 1.54) is 58.2 Å². The minimum absolute atomic E-state index is 0.633. The molecule has 0 bridgehead atoms. The van der Waals surface area contributed by atoms with Crippen LogP contribution in [0.5, 0.6) is 0 Å². The highest BCUT2D eigenvalue weighted by Crippen LogP contribution is 2.31. The standard InChI is InChI=1S/C16H32N2/c1-13(2)17-16-8-10-18(12-16)9-7-15-6-4-5-14(3)11-15/h13-17H,4-12H2,1-3H3. The van der Waals surface area contributed by atoms with E-state index in [0.717, 1.165) is 17.9 Å².